The molecule has 1 heterocycles. The number of nitroso groups, excluding NO2 is 1. The van der Waals surface area contributed by atoms with Gasteiger partial charge in [-0.2, -0.15) is 0 Å². The first-order valence-electron chi connectivity index (χ1n) is 3.34. The Morgan fingerprint density at radius 1 is 1.33 bits per heavy atom. The van der Waals surface area contributed by atoms with E-state index in [4.69, 9.17) is 15.2 Å². The van der Waals surface area contributed by atoms with E-state index in [2.05, 4.69) is 5.18 Å². The summed E-state index contributed by atoms with van der Waals surface area (Å²) < 4.78 is 10.1. The van der Waals surface area contributed by atoms with Crippen molar-refractivity contribution in [1.82, 2.24) is 0 Å². The van der Waals surface area contributed by atoms with Crippen LogP contribution in [-0.2, 0) is 0 Å². The summed E-state index contributed by atoms with van der Waals surface area (Å²) in [5.74, 6) is 1.07. The molecule has 5 nitrogen and oxygen atoms in total. The van der Waals surface area contributed by atoms with Crippen LogP contribution in [0.1, 0.15) is 0 Å². The first-order chi connectivity index (χ1) is 5.81. The van der Waals surface area contributed by atoms with Crippen molar-refractivity contribution in [1.29, 1.82) is 0 Å². The van der Waals surface area contributed by atoms with Gasteiger partial charge in [0.1, 0.15) is 5.69 Å². The number of hydrogen-bond donors (Lipinski definition) is 1. The first kappa shape index (κ1) is 6.90. The Kier molecular flexibility index (Phi) is 1.36. The predicted octanol–water partition coefficient (Wildman–Crippen LogP) is 1.40. The van der Waals surface area contributed by atoms with E-state index in [0.717, 1.165) is 0 Å². The van der Waals surface area contributed by atoms with E-state index >= 15 is 0 Å². The number of nitrogen functional groups attached to an aromatic ring is 1. The predicted molar refractivity (Wildman–Crippen MR) is 42.4 cm³/mol. The molecule has 1 aliphatic rings. The molecular weight excluding hydrogens is 160 g/mol. The normalized spacial score (nSPS) is 13.0. The maximum absolute atomic E-state index is 10.2. The lowest BCUT2D eigenvalue weighted by molar-refractivity contribution is 0.174. The van der Waals surface area contributed by atoms with E-state index in [1.165, 1.54) is 12.1 Å². The molecule has 0 aliphatic carbocycles. The molecule has 1 aromatic carbocycles. The lowest BCUT2D eigenvalue weighted by Crippen LogP contribution is -1.92. The third-order valence-electron chi connectivity index (χ3n) is 1.62. The van der Waals surface area contributed by atoms with Gasteiger partial charge >= 0.3 is 0 Å². The van der Waals surface area contributed by atoms with Crippen molar-refractivity contribution in [2.45, 2.75) is 0 Å². The van der Waals surface area contributed by atoms with E-state index in [0.29, 0.717) is 17.2 Å². The van der Waals surface area contributed by atoms with Crippen molar-refractivity contribution in [2.24, 2.45) is 5.18 Å². The van der Waals surface area contributed by atoms with Crippen LogP contribution in [0.3, 0.4) is 0 Å². The van der Waals surface area contributed by atoms with Crippen molar-refractivity contribution in [2.75, 3.05) is 12.5 Å². The molecule has 0 unspecified atom stereocenters. The minimum absolute atomic E-state index is 0.164. The number of anilines is 1. The molecule has 0 saturated heterocycles. The Balaban J connectivity index is 2.56. The zero-order valence-electron chi connectivity index (χ0n) is 6.11. The summed E-state index contributed by atoms with van der Waals surface area (Å²) in [5.41, 5.74) is 5.95. The Bertz CT molecular complexity index is 338. The number of nitrogens with zero attached hydrogens (tertiary/aromatic N) is 1. The number of nitrogens with two attached hydrogens (primary N) is 1. The fourth-order valence-electron chi connectivity index (χ4n) is 1.03. The third kappa shape index (κ3) is 0.868. The summed E-state index contributed by atoms with van der Waals surface area (Å²) >= 11 is 0. The SMILES string of the molecule is Nc1cc2c(cc1N=O)OCO2. The van der Waals surface area contributed by atoms with Crippen molar-refractivity contribution in [3.8, 4) is 11.5 Å². The number of ether oxygens (including phenoxy) is 2. The van der Waals surface area contributed by atoms with Gasteiger partial charge in [-0.05, 0) is 5.18 Å². The van der Waals surface area contributed by atoms with Gasteiger partial charge < -0.3 is 15.2 Å². The monoisotopic (exact) mass is 166 g/mol. The summed E-state index contributed by atoms with van der Waals surface area (Å²) in [5, 5.41) is 2.74. The standard InChI is InChI=1S/C7H6N2O3/c8-4-1-6-7(12-3-11-6)2-5(4)9-10/h1-2H,3,8H2. The largest absolute Gasteiger partial charge is 0.454 e. The van der Waals surface area contributed by atoms with Crippen LogP contribution >= 0.6 is 0 Å². The van der Waals surface area contributed by atoms with Crippen LogP contribution in [0.15, 0.2) is 17.3 Å². The molecule has 1 aliphatic heterocycles. The molecule has 2 N–H and O–H groups in total. The van der Waals surface area contributed by atoms with Crippen LogP contribution in [0, 0.1) is 4.91 Å². The van der Waals surface area contributed by atoms with Crippen molar-refractivity contribution < 1.29 is 9.47 Å². The highest BCUT2D eigenvalue weighted by atomic mass is 16.7. The second-order valence-corrected chi connectivity index (χ2v) is 2.36. The Hall–Kier alpha value is -1.78. The van der Waals surface area contributed by atoms with Gasteiger partial charge in [0, 0.05) is 12.1 Å². The van der Waals surface area contributed by atoms with Crippen molar-refractivity contribution in [3.63, 3.8) is 0 Å². The zero-order chi connectivity index (χ0) is 8.55. The van der Waals surface area contributed by atoms with E-state index in [-0.39, 0.29) is 12.5 Å². The van der Waals surface area contributed by atoms with Gasteiger partial charge in [-0.25, -0.2) is 0 Å². The lowest BCUT2D eigenvalue weighted by atomic mass is 10.2. The Labute approximate surface area is 68.1 Å². The molecule has 0 amide bonds. The second kappa shape index (κ2) is 2.37. The quantitative estimate of drug-likeness (QED) is 0.505. The van der Waals surface area contributed by atoms with Crippen LogP contribution in [0.5, 0.6) is 11.5 Å². The molecule has 1 aromatic rings. The van der Waals surface area contributed by atoms with Crippen LogP contribution in [-0.4, -0.2) is 6.79 Å². The summed E-state index contributed by atoms with van der Waals surface area (Å²) in [7, 11) is 0. The molecule has 0 radical (unpaired) electrons. The molecule has 0 aromatic heterocycles. The smallest absolute Gasteiger partial charge is 0.231 e. The lowest BCUT2D eigenvalue weighted by Gasteiger charge is -1.98. The Morgan fingerprint density at radius 2 is 2.00 bits per heavy atom. The third-order valence-corrected chi connectivity index (χ3v) is 1.62. The van der Waals surface area contributed by atoms with Gasteiger partial charge in [0.2, 0.25) is 6.79 Å². The van der Waals surface area contributed by atoms with Gasteiger partial charge in [0.15, 0.2) is 11.5 Å². The summed E-state index contributed by atoms with van der Waals surface area (Å²) in [6.07, 6.45) is 0. The minimum Gasteiger partial charge on any atom is -0.454 e. The molecule has 0 fully saturated rings. The van der Waals surface area contributed by atoms with Crippen LogP contribution < -0.4 is 15.2 Å². The number of benzene rings is 1. The zero-order valence-corrected chi connectivity index (χ0v) is 6.11. The van der Waals surface area contributed by atoms with E-state index in [1.54, 1.807) is 0 Å². The number of fused-ring (bicyclic) bond motifs is 1. The summed E-state index contributed by atoms with van der Waals surface area (Å²) in [6.45, 7) is 0.164. The molecular formula is C7H6N2O3. The first-order valence-corrected chi connectivity index (χ1v) is 3.34. The van der Waals surface area contributed by atoms with Gasteiger partial charge in [-0.15, -0.1) is 4.91 Å². The maximum atomic E-state index is 10.2. The molecule has 62 valence electrons. The summed E-state index contributed by atoms with van der Waals surface area (Å²) in [6, 6.07) is 2.99. The molecule has 0 spiro atoms. The highest BCUT2D eigenvalue weighted by Gasteiger charge is 2.15. The van der Waals surface area contributed by atoms with Gasteiger partial charge in [-0.3, -0.25) is 0 Å². The average Bonchev–Trinajstić information content (AvgIpc) is 2.49. The molecule has 0 saturated carbocycles. The summed E-state index contributed by atoms with van der Waals surface area (Å²) in [4.78, 5) is 10.2. The highest BCUT2D eigenvalue weighted by Crippen LogP contribution is 2.39. The maximum Gasteiger partial charge on any atom is 0.231 e. The fraction of sp³-hybridized carbons (Fsp3) is 0.143. The van der Waals surface area contributed by atoms with Crippen molar-refractivity contribution in [3.05, 3.63) is 17.0 Å². The van der Waals surface area contributed by atoms with Crippen LogP contribution in [0.4, 0.5) is 11.4 Å². The van der Waals surface area contributed by atoms with Crippen molar-refractivity contribution >= 4 is 11.4 Å². The van der Waals surface area contributed by atoms with Gasteiger partial charge in [-0.1, -0.05) is 0 Å². The Morgan fingerprint density at radius 3 is 2.67 bits per heavy atom. The molecule has 0 bridgehead atoms. The molecule has 5 heteroatoms. The second-order valence-electron chi connectivity index (χ2n) is 2.36. The molecule has 0 atom stereocenters. The van der Waals surface area contributed by atoms with Gasteiger partial charge in [0.25, 0.3) is 0 Å². The fourth-order valence-corrected chi connectivity index (χ4v) is 1.03. The van der Waals surface area contributed by atoms with Crippen LogP contribution in [0.25, 0.3) is 0 Å². The van der Waals surface area contributed by atoms with Gasteiger partial charge in [0.05, 0.1) is 5.69 Å². The number of rotatable bonds is 1. The van der Waals surface area contributed by atoms with E-state index < -0.39 is 0 Å². The minimum atomic E-state index is 0.164. The van der Waals surface area contributed by atoms with E-state index in [9.17, 15) is 4.91 Å². The number of hydrogen-bond acceptors (Lipinski definition) is 5. The topological polar surface area (TPSA) is 73.9 Å². The molecule has 2 rings (SSSR count). The average molecular weight is 166 g/mol. The highest BCUT2D eigenvalue weighted by molar-refractivity contribution is 5.69. The molecule has 12 heavy (non-hydrogen) atoms. The van der Waals surface area contributed by atoms with Crippen LogP contribution in [0.2, 0.25) is 0 Å². The van der Waals surface area contributed by atoms with E-state index in [1.807, 2.05) is 0 Å².